The standard InChI is InChI=1S/C26H37BN4O3/c1-16(28-2)24(32)29-22(17-9-4-3-5-10-17)26(34)31-14-8-13-21(31)25(33)30-23-19-12-7-6-11-18(19)15-20(23)27/h6-7,11-12,16-17,20-23,28H,3-5,8-10,13-15H2,1-2H3,(H,29,32)(H,30,33)/t16-,20?,21-,22?,23-/m0/s1. The zero-order valence-electron chi connectivity index (χ0n) is 20.4. The van der Waals surface area contributed by atoms with Crippen LogP contribution < -0.4 is 16.0 Å². The van der Waals surface area contributed by atoms with Gasteiger partial charge in [-0.3, -0.25) is 14.4 Å². The Morgan fingerprint density at radius 3 is 2.53 bits per heavy atom. The molecule has 1 aromatic rings. The number of carbonyl (C=O) groups is 3. The third kappa shape index (κ3) is 5.17. The zero-order chi connectivity index (χ0) is 24.2. The van der Waals surface area contributed by atoms with Gasteiger partial charge in [-0.1, -0.05) is 43.5 Å². The van der Waals surface area contributed by atoms with Gasteiger partial charge in [0.1, 0.15) is 12.1 Å². The molecule has 3 aliphatic rings. The van der Waals surface area contributed by atoms with Crippen LogP contribution in [0.25, 0.3) is 0 Å². The molecular formula is C26H37BN4O3. The van der Waals surface area contributed by atoms with Crippen molar-refractivity contribution in [3.8, 4) is 0 Å². The molecule has 0 spiro atoms. The Balaban J connectivity index is 1.49. The number of benzene rings is 1. The van der Waals surface area contributed by atoms with Gasteiger partial charge in [0.25, 0.3) is 0 Å². The molecule has 1 aliphatic heterocycles. The number of nitrogens with zero attached hydrogens (tertiary/aromatic N) is 1. The number of rotatable bonds is 7. The first-order chi connectivity index (χ1) is 16.4. The maximum atomic E-state index is 13.8. The Kier molecular flexibility index (Phi) is 7.97. The second-order valence-electron chi connectivity index (χ2n) is 10.1. The molecule has 2 unspecified atom stereocenters. The molecule has 2 radical (unpaired) electrons. The average Bonchev–Trinajstić information content (AvgIpc) is 3.47. The molecule has 1 aromatic carbocycles. The molecule has 1 saturated carbocycles. The van der Waals surface area contributed by atoms with Crippen molar-refractivity contribution in [1.82, 2.24) is 20.9 Å². The first-order valence-electron chi connectivity index (χ1n) is 12.8. The van der Waals surface area contributed by atoms with Crippen molar-refractivity contribution in [1.29, 1.82) is 0 Å². The van der Waals surface area contributed by atoms with Crippen molar-refractivity contribution in [3.63, 3.8) is 0 Å². The van der Waals surface area contributed by atoms with E-state index in [0.29, 0.717) is 13.0 Å². The Hall–Kier alpha value is -2.35. The summed E-state index contributed by atoms with van der Waals surface area (Å²) in [5.41, 5.74) is 2.23. The SMILES string of the molecule is [B]C1Cc2ccccc2[C@@H]1NC(=O)[C@@H]1CCCN1C(=O)C(NC(=O)[C@H](C)NC)C1CCCCC1. The molecule has 0 bridgehead atoms. The van der Waals surface area contributed by atoms with Gasteiger partial charge in [-0.05, 0) is 68.9 Å². The van der Waals surface area contributed by atoms with Gasteiger partial charge in [-0.15, -0.1) is 0 Å². The summed E-state index contributed by atoms with van der Waals surface area (Å²) in [4.78, 5) is 41.6. The van der Waals surface area contributed by atoms with Crippen LogP contribution in [0, 0.1) is 5.92 Å². The van der Waals surface area contributed by atoms with Gasteiger partial charge in [-0.2, -0.15) is 0 Å². The summed E-state index contributed by atoms with van der Waals surface area (Å²) < 4.78 is 0. The zero-order valence-corrected chi connectivity index (χ0v) is 20.4. The van der Waals surface area contributed by atoms with E-state index in [1.807, 2.05) is 18.2 Å². The van der Waals surface area contributed by atoms with Crippen LogP contribution in [-0.2, 0) is 20.8 Å². The number of likely N-dealkylation sites (N-methyl/N-ethyl adjacent to an activating group) is 1. The van der Waals surface area contributed by atoms with E-state index in [1.54, 1.807) is 18.9 Å². The molecule has 3 N–H and O–H groups in total. The Morgan fingerprint density at radius 2 is 1.79 bits per heavy atom. The molecule has 2 aliphatic carbocycles. The van der Waals surface area contributed by atoms with Crippen LogP contribution in [0.4, 0.5) is 0 Å². The highest BCUT2D eigenvalue weighted by Gasteiger charge is 2.42. The Morgan fingerprint density at radius 1 is 1.06 bits per heavy atom. The fourth-order valence-corrected chi connectivity index (χ4v) is 5.80. The first-order valence-corrected chi connectivity index (χ1v) is 12.8. The maximum Gasteiger partial charge on any atom is 0.246 e. The lowest BCUT2D eigenvalue weighted by Crippen LogP contribution is -2.58. The van der Waals surface area contributed by atoms with Crippen LogP contribution in [0.3, 0.4) is 0 Å². The van der Waals surface area contributed by atoms with E-state index in [2.05, 4.69) is 22.0 Å². The summed E-state index contributed by atoms with van der Waals surface area (Å²) in [5, 5.41) is 9.11. The number of carbonyl (C=O) groups excluding carboxylic acids is 3. The summed E-state index contributed by atoms with van der Waals surface area (Å²) in [5.74, 6) is -0.532. The van der Waals surface area contributed by atoms with Crippen LogP contribution in [0.1, 0.15) is 69.0 Å². The molecule has 1 heterocycles. The summed E-state index contributed by atoms with van der Waals surface area (Å²) in [6, 6.07) is 6.27. The van der Waals surface area contributed by atoms with Gasteiger partial charge in [-0.25, -0.2) is 0 Å². The maximum absolute atomic E-state index is 13.8. The molecule has 4 rings (SSSR count). The lowest BCUT2D eigenvalue weighted by Gasteiger charge is -2.35. The summed E-state index contributed by atoms with van der Waals surface area (Å²) >= 11 is 0. The van der Waals surface area contributed by atoms with Crippen LogP contribution in [0.15, 0.2) is 24.3 Å². The van der Waals surface area contributed by atoms with E-state index < -0.39 is 12.1 Å². The van der Waals surface area contributed by atoms with Crippen molar-refractivity contribution >= 4 is 25.6 Å². The molecule has 7 nitrogen and oxygen atoms in total. The van der Waals surface area contributed by atoms with Gasteiger partial charge in [0.2, 0.25) is 17.7 Å². The minimum atomic E-state index is -0.591. The number of hydrogen-bond donors (Lipinski definition) is 3. The number of likely N-dealkylation sites (tertiary alicyclic amines) is 1. The lowest BCUT2D eigenvalue weighted by molar-refractivity contribution is -0.143. The smallest absolute Gasteiger partial charge is 0.246 e. The fraction of sp³-hybridized carbons (Fsp3) is 0.654. The van der Waals surface area contributed by atoms with Gasteiger partial charge >= 0.3 is 0 Å². The highest BCUT2D eigenvalue weighted by atomic mass is 16.2. The molecule has 182 valence electrons. The molecule has 34 heavy (non-hydrogen) atoms. The van der Waals surface area contributed by atoms with E-state index in [1.165, 1.54) is 5.56 Å². The molecule has 8 heteroatoms. The van der Waals surface area contributed by atoms with Crippen LogP contribution >= 0.6 is 0 Å². The second kappa shape index (κ2) is 10.9. The molecule has 3 amide bonds. The summed E-state index contributed by atoms with van der Waals surface area (Å²) in [6.45, 7) is 2.32. The third-order valence-electron chi connectivity index (χ3n) is 7.92. The minimum absolute atomic E-state index is 0.105. The van der Waals surface area contributed by atoms with Crippen LogP contribution in [0.5, 0.6) is 0 Å². The highest BCUT2D eigenvalue weighted by molar-refractivity contribution is 6.13. The van der Waals surface area contributed by atoms with Gasteiger partial charge in [0.05, 0.1) is 13.9 Å². The van der Waals surface area contributed by atoms with Crippen molar-refractivity contribution in [2.24, 2.45) is 5.92 Å². The fourth-order valence-electron chi connectivity index (χ4n) is 5.80. The largest absolute Gasteiger partial charge is 0.348 e. The number of fused-ring (bicyclic) bond motifs is 1. The van der Waals surface area contributed by atoms with E-state index in [0.717, 1.165) is 50.5 Å². The summed E-state index contributed by atoms with van der Waals surface area (Å²) in [7, 11) is 8.09. The average molecular weight is 464 g/mol. The number of nitrogens with one attached hydrogen (secondary N) is 3. The minimum Gasteiger partial charge on any atom is -0.348 e. The Labute approximate surface area is 204 Å². The van der Waals surface area contributed by atoms with E-state index >= 15 is 0 Å². The van der Waals surface area contributed by atoms with E-state index in [4.69, 9.17) is 7.85 Å². The molecule has 0 aromatic heterocycles. The van der Waals surface area contributed by atoms with E-state index in [9.17, 15) is 14.4 Å². The monoisotopic (exact) mass is 464 g/mol. The molecular weight excluding hydrogens is 427 g/mol. The van der Waals surface area contributed by atoms with Crippen molar-refractivity contribution < 1.29 is 14.4 Å². The molecule has 1 saturated heterocycles. The predicted molar refractivity (Wildman–Crippen MR) is 132 cm³/mol. The van der Waals surface area contributed by atoms with Gasteiger partial charge in [0.15, 0.2) is 0 Å². The molecule has 2 fully saturated rings. The van der Waals surface area contributed by atoms with Crippen LogP contribution in [-0.4, -0.2) is 62.2 Å². The normalized spacial score (nSPS) is 26.5. The van der Waals surface area contributed by atoms with Crippen molar-refractivity contribution in [2.45, 2.75) is 88.3 Å². The van der Waals surface area contributed by atoms with Crippen molar-refractivity contribution in [2.75, 3.05) is 13.6 Å². The van der Waals surface area contributed by atoms with Gasteiger partial charge < -0.3 is 20.9 Å². The first kappa shape index (κ1) is 24.8. The number of amides is 3. The Bertz CT molecular complexity index is 904. The highest BCUT2D eigenvalue weighted by Crippen LogP contribution is 2.38. The number of hydrogen-bond acceptors (Lipinski definition) is 4. The van der Waals surface area contributed by atoms with Gasteiger partial charge in [0, 0.05) is 12.6 Å². The summed E-state index contributed by atoms with van der Waals surface area (Å²) in [6.07, 6.45) is 7.26. The second-order valence-corrected chi connectivity index (χ2v) is 10.1. The topological polar surface area (TPSA) is 90.5 Å². The lowest BCUT2D eigenvalue weighted by atomic mass is 9.81. The third-order valence-corrected chi connectivity index (χ3v) is 7.92. The predicted octanol–water partition coefficient (Wildman–Crippen LogP) is 2.02. The quantitative estimate of drug-likeness (QED) is 0.539. The van der Waals surface area contributed by atoms with Crippen LogP contribution in [0.2, 0.25) is 5.82 Å². The van der Waals surface area contributed by atoms with E-state index in [-0.39, 0.29) is 41.5 Å². The molecule has 5 atom stereocenters. The van der Waals surface area contributed by atoms with Crippen molar-refractivity contribution in [3.05, 3.63) is 35.4 Å².